The van der Waals surface area contributed by atoms with Gasteiger partial charge < -0.3 is 14.2 Å². The summed E-state index contributed by atoms with van der Waals surface area (Å²) in [6.45, 7) is 4.81. The van der Waals surface area contributed by atoms with Crippen molar-refractivity contribution in [1.29, 1.82) is 0 Å². The van der Waals surface area contributed by atoms with E-state index in [9.17, 15) is 4.79 Å². The summed E-state index contributed by atoms with van der Waals surface area (Å²) in [5, 5.41) is 0. The first-order valence-corrected chi connectivity index (χ1v) is 7.05. The van der Waals surface area contributed by atoms with Gasteiger partial charge in [-0.05, 0) is 26.1 Å². The molecular formula is C13H20N2O4S. The molecular weight excluding hydrogens is 280 g/mol. The number of methoxy groups -OCH3 is 1. The van der Waals surface area contributed by atoms with E-state index >= 15 is 0 Å². The number of hydrogen-bond donors (Lipinski definition) is 1. The zero-order chi connectivity index (χ0) is 14.7. The Hall–Kier alpha value is -1.02. The Bertz CT molecular complexity index is 568. The van der Waals surface area contributed by atoms with E-state index < -0.39 is 0 Å². The minimum absolute atomic E-state index is 0.0410. The average molecular weight is 300 g/mol. The van der Waals surface area contributed by atoms with E-state index in [1.165, 1.54) is 0 Å². The molecule has 0 saturated carbocycles. The van der Waals surface area contributed by atoms with Gasteiger partial charge in [-0.15, -0.1) is 0 Å². The Morgan fingerprint density at radius 1 is 1.60 bits per heavy atom. The lowest BCUT2D eigenvalue weighted by atomic mass is 10.2. The van der Waals surface area contributed by atoms with Crippen LogP contribution in [0.5, 0.6) is 0 Å². The third kappa shape index (κ3) is 3.17. The molecule has 6 nitrogen and oxygen atoms in total. The van der Waals surface area contributed by atoms with E-state index in [-0.39, 0.29) is 24.0 Å². The minimum Gasteiger partial charge on any atom is -0.379 e. The summed E-state index contributed by atoms with van der Waals surface area (Å²) in [6.07, 6.45) is 1.99. The number of aromatic amines is 1. The van der Waals surface area contributed by atoms with Crippen LogP contribution in [0.25, 0.3) is 0 Å². The highest BCUT2D eigenvalue weighted by atomic mass is 32.1. The molecule has 1 unspecified atom stereocenters. The van der Waals surface area contributed by atoms with Crippen molar-refractivity contribution in [3.8, 4) is 0 Å². The van der Waals surface area contributed by atoms with E-state index in [1.807, 2.05) is 6.92 Å². The van der Waals surface area contributed by atoms with Gasteiger partial charge in [0.05, 0.1) is 12.7 Å². The topological polar surface area (TPSA) is 65.5 Å². The predicted octanol–water partition coefficient (Wildman–Crippen LogP) is 1.55. The van der Waals surface area contributed by atoms with Crippen LogP contribution < -0.4 is 5.56 Å². The highest BCUT2D eigenvalue weighted by molar-refractivity contribution is 7.71. The fourth-order valence-electron chi connectivity index (χ4n) is 2.30. The third-order valence-corrected chi connectivity index (χ3v) is 3.74. The molecule has 1 aliphatic rings. The van der Waals surface area contributed by atoms with Crippen molar-refractivity contribution in [2.24, 2.45) is 0 Å². The third-order valence-electron chi connectivity index (χ3n) is 3.43. The molecule has 0 radical (unpaired) electrons. The van der Waals surface area contributed by atoms with Crippen LogP contribution in [0.1, 0.15) is 25.1 Å². The van der Waals surface area contributed by atoms with Crippen molar-refractivity contribution in [2.45, 2.75) is 38.7 Å². The van der Waals surface area contributed by atoms with Crippen LogP contribution >= 0.6 is 12.2 Å². The van der Waals surface area contributed by atoms with Crippen molar-refractivity contribution < 1.29 is 14.2 Å². The first-order valence-electron chi connectivity index (χ1n) is 6.64. The van der Waals surface area contributed by atoms with Gasteiger partial charge in [-0.1, -0.05) is 0 Å². The van der Waals surface area contributed by atoms with Crippen molar-refractivity contribution in [2.75, 3.05) is 20.3 Å². The van der Waals surface area contributed by atoms with E-state index in [1.54, 1.807) is 24.8 Å². The van der Waals surface area contributed by atoms with E-state index in [2.05, 4.69) is 4.98 Å². The van der Waals surface area contributed by atoms with Gasteiger partial charge in [-0.3, -0.25) is 14.3 Å². The monoisotopic (exact) mass is 300 g/mol. The summed E-state index contributed by atoms with van der Waals surface area (Å²) in [5.41, 5.74) is 0.433. The van der Waals surface area contributed by atoms with Gasteiger partial charge in [0.2, 0.25) is 0 Å². The van der Waals surface area contributed by atoms with Gasteiger partial charge in [-0.25, -0.2) is 0 Å². The summed E-state index contributed by atoms with van der Waals surface area (Å²) in [7, 11) is 1.66. The van der Waals surface area contributed by atoms with Crippen molar-refractivity contribution >= 4 is 12.2 Å². The Balaban J connectivity index is 2.20. The second-order valence-corrected chi connectivity index (χ2v) is 5.16. The Morgan fingerprint density at radius 3 is 3.00 bits per heavy atom. The molecule has 0 bridgehead atoms. The van der Waals surface area contributed by atoms with E-state index in [0.29, 0.717) is 30.0 Å². The summed E-state index contributed by atoms with van der Waals surface area (Å²) >= 11 is 5.19. The highest BCUT2D eigenvalue weighted by Crippen LogP contribution is 2.30. The second-order valence-electron chi connectivity index (χ2n) is 4.78. The number of H-pyrrole nitrogens is 1. The van der Waals surface area contributed by atoms with Gasteiger partial charge in [-0.2, -0.15) is 0 Å². The molecule has 2 rings (SSSR count). The minimum atomic E-state index is -0.242. The smallest absolute Gasteiger partial charge is 0.254 e. The molecule has 7 heteroatoms. The molecule has 0 aliphatic carbocycles. The van der Waals surface area contributed by atoms with Crippen LogP contribution in [0, 0.1) is 11.7 Å². The standard InChI is InChI=1S/C13H20N2O4S/c1-4-18-7-10-9(17-3)5-11(19-10)15-6-8(2)12(16)14-13(15)20/h6,9-11H,4-5,7H2,1-3H3,(H,14,16,20)/t9?,10-,11-/m1/s1. The Labute approximate surface area is 122 Å². The average Bonchev–Trinajstić information content (AvgIpc) is 2.83. The number of nitrogens with zero attached hydrogens (tertiary/aromatic N) is 1. The molecule has 3 atom stereocenters. The van der Waals surface area contributed by atoms with Crippen molar-refractivity contribution in [3.63, 3.8) is 0 Å². The predicted molar refractivity (Wildman–Crippen MR) is 76.4 cm³/mol. The van der Waals surface area contributed by atoms with E-state index in [4.69, 9.17) is 26.4 Å². The van der Waals surface area contributed by atoms with Gasteiger partial charge in [0.25, 0.3) is 5.56 Å². The quantitative estimate of drug-likeness (QED) is 0.836. The number of hydrogen-bond acceptors (Lipinski definition) is 5. The van der Waals surface area contributed by atoms with Gasteiger partial charge in [0, 0.05) is 31.9 Å². The molecule has 1 aliphatic heterocycles. The Kier molecular flexibility index (Phi) is 5.09. The number of aromatic nitrogens is 2. The molecule has 0 amide bonds. The highest BCUT2D eigenvalue weighted by Gasteiger charge is 2.36. The van der Waals surface area contributed by atoms with Crippen LogP contribution in [-0.2, 0) is 14.2 Å². The molecule has 1 aromatic rings. The maximum Gasteiger partial charge on any atom is 0.254 e. The molecule has 20 heavy (non-hydrogen) atoms. The lowest BCUT2D eigenvalue weighted by Crippen LogP contribution is -2.28. The summed E-state index contributed by atoms with van der Waals surface area (Å²) in [4.78, 5) is 14.2. The van der Waals surface area contributed by atoms with Gasteiger partial charge in [0.15, 0.2) is 4.77 Å². The maximum atomic E-state index is 11.5. The summed E-state index contributed by atoms with van der Waals surface area (Å²) in [5.74, 6) is 0. The lowest BCUT2D eigenvalue weighted by Gasteiger charge is -2.17. The fourth-order valence-corrected chi connectivity index (χ4v) is 2.57. The zero-order valence-corrected chi connectivity index (χ0v) is 12.7. The maximum absolute atomic E-state index is 11.5. The molecule has 1 N–H and O–H groups in total. The number of rotatable bonds is 5. The summed E-state index contributed by atoms with van der Waals surface area (Å²) in [6, 6.07) is 0. The molecule has 0 spiro atoms. The van der Waals surface area contributed by atoms with Crippen molar-refractivity contribution in [1.82, 2.24) is 9.55 Å². The lowest BCUT2D eigenvalue weighted by molar-refractivity contribution is -0.0679. The largest absolute Gasteiger partial charge is 0.379 e. The molecule has 112 valence electrons. The SMILES string of the molecule is CCOC[C@H]1O[C@@H](n2cc(C)c(=O)[nH]c2=S)CC1OC. The van der Waals surface area contributed by atoms with Gasteiger partial charge in [0.1, 0.15) is 12.3 Å². The van der Waals surface area contributed by atoms with Crippen LogP contribution in [0.3, 0.4) is 0 Å². The van der Waals surface area contributed by atoms with Crippen molar-refractivity contribution in [3.05, 3.63) is 26.9 Å². The van der Waals surface area contributed by atoms with Gasteiger partial charge >= 0.3 is 0 Å². The molecule has 2 heterocycles. The van der Waals surface area contributed by atoms with Crippen LogP contribution in [0.2, 0.25) is 0 Å². The van der Waals surface area contributed by atoms with E-state index in [0.717, 1.165) is 0 Å². The number of nitrogens with one attached hydrogen (secondary N) is 1. The normalized spacial score (nSPS) is 26.1. The van der Waals surface area contributed by atoms with Crippen LogP contribution in [0.15, 0.2) is 11.0 Å². The Morgan fingerprint density at radius 2 is 2.35 bits per heavy atom. The fraction of sp³-hybridized carbons (Fsp3) is 0.692. The zero-order valence-electron chi connectivity index (χ0n) is 11.9. The molecule has 1 aromatic heterocycles. The first kappa shape index (κ1) is 15.4. The molecule has 0 aromatic carbocycles. The van der Waals surface area contributed by atoms with Crippen LogP contribution in [-0.4, -0.2) is 42.1 Å². The van der Waals surface area contributed by atoms with Crippen LogP contribution in [0.4, 0.5) is 0 Å². The molecule has 1 fully saturated rings. The second kappa shape index (κ2) is 6.62. The number of ether oxygens (including phenoxy) is 3. The molecule has 1 saturated heterocycles. The summed E-state index contributed by atoms with van der Waals surface area (Å²) < 4.78 is 18.9. The number of aryl methyl sites for hydroxylation is 1. The first-order chi connectivity index (χ1) is 9.56.